The summed E-state index contributed by atoms with van der Waals surface area (Å²) in [5, 5.41) is 0. The van der Waals surface area contributed by atoms with Crippen molar-refractivity contribution in [1.29, 1.82) is 0 Å². The molecule has 0 unspecified atom stereocenters. The fourth-order valence-electron chi connectivity index (χ4n) is 2.08. The predicted molar refractivity (Wildman–Crippen MR) is 89.2 cm³/mol. The van der Waals surface area contributed by atoms with E-state index in [0.29, 0.717) is 11.4 Å². The van der Waals surface area contributed by atoms with Crippen molar-refractivity contribution < 1.29 is 33.3 Å². The molecule has 0 saturated heterocycles. The Kier molecular flexibility index (Phi) is 7.40. The first kappa shape index (κ1) is 20.5. The van der Waals surface area contributed by atoms with Crippen molar-refractivity contribution in [1.82, 2.24) is 19.9 Å². The van der Waals surface area contributed by atoms with Crippen molar-refractivity contribution in [2.24, 2.45) is 0 Å². The Morgan fingerprint density at radius 3 is 2.04 bits per heavy atom. The van der Waals surface area contributed by atoms with Gasteiger partial charge in [0.15, 0.2) is 0 Å². The van der Waals surface area contributed by atoms with Crippen LogP contribution in [0.3, 0.4) is 0 Å². The van der Waals surface area contributed by atoms with Crippen LogP contribution in [0.25, 0.3) is 22.6 Å². The van der Waals surface area contributed by atoms with E-state index in [9.17, 15) is 13.2 Å². The number of imidazole rings is 1. The van der Waals surface area contributed by atoms with Gasteiger partial charge in [0.25, 0.3) is 0 Å². The van der Waals surface area contributed by atoms with Crippen molar-refractivity contribution in [3.05, 3.63) is 90.9 Å². The van der Waals surface area contributed by atoms with Crippen molar-refractivity contribution in [3.63, 3.8) is 0 Å². The fraction of sp³-hybridized carbons (Fsp3) is 0. The second kappa shape index (κ2) is 9.75. The van der Waals surface area contributed by atoms with Crippen LogP contribution in [-0.4, -0.2) is 15.0 Å². The quantitative estimate of drug-likeness (QED) is 0.357. The summed E-state index contributed by atoms with van der Waals surface area (Å²) in [4.78, 5) is 15.0. The summed E-state index contributed by atoms with van der Waals surface area (Å²) in [7, 11) is 0. The Morgan fingerprint density at radius 2 is 1.52 bits per heavy atom. The van der Waals surface area contributed by atoms with Gasteiger partial charge in [-0.1, -0.05) is 36.2 Å². The first-order valence-electron chi connectivity index (χ1n) is 7.48. The smallest absolute Gasteiger partial charge is 0.118 e. The average Bonchev–Trinajstić information content (AvgIpc) is 3.10. The van der Waals surface area contributed by atoms with Gasteiger partial charge >= 0.3 is 0 Å². The van der Waals surface area contributed by atoms with E-state index in [-0.39, 0.29) is 31.4 Å². The van der Waals surface area contributed by atoms with Gasteiger partial charge in [0.2, 0.25) is 0 Å². The van der Waals surface area contributed by atoms with Crippen LogP contribution in [-0.2, 0) is 20.1 Å². The SMILES string of the molecule is Fc1c[c-]c(-c2ccccn2)c(F)c1.Fc1nc[n-]c1-c1ccccn1.[Ir]. The number of aromatic nitrogens is 4. The molecular formula is C19H11F3IrN4-2. The zero-order valence-electron chi connectivity index (χ0n) is 13.6. The molecule has 27 heavy (non-hydrogen) atoms. The van der Waals surface area contributed by atoms with E-state index in [1.165, 1.54) is 6.33 Å². The average molecular weight is 545 g/mol. The van der Waals surface area contributed by atoms with Crippen molar-refractivity contribution in [2.75, 3.05) is 0 Å². The normalized spacial score (nSPS) is 9.74. The molecule has 0 atom stereocenters. The number of hydrogen-bond acceptors (Lipinski definition) is 3. The van der Waals surface area contributed by atoms with Gasteiger partial charge in [-0.25, -0.2) is 4.39 Å². The van der Waals surface area contributed by atoms with Crippen molar-refractivity contribution in [3.8, 4) is 22.6 Å². The van der Waals surface area contributed by atoms with E-state index in [1.807, 2.05) is 0 Å². The van der Waals surface area contributed by atoms with Crippen LogP contribution >= 0.6 is 0 Å². The van der Waals surface area contributed by atoms with E-state index in [4.69, 9.17) is 0 Å². The van der Waals surface area contributed by atoms with Gasteiger partial charge in [-0.15, -0.1) is 12.1 Å². The molecule has 0 aliphatic rings. The molecule has 0 N–H and O–H groups in total. The second-order valence-corrected chi connectivity index (χ2v) is 4.98. The number of nitrogens with zero attached hydrogens (tertiary/aromatic N) is 4. The van der Waals surface area contributed by atoms with Crippen LogP contribution in [0.2, 0.25) is 0 Å². The van der Waals surface area contributed by atoms with Gasteiger partial charge in [0, 0.05) is 49.8 Å². The Morgan fingerprint density at radius 1 is 0.852 bits per heavy atom. The maximum absolute atomic E-state index is 13.2. The molecule has 4 aromatic rings. The maximum Gasteiger partial charge on any atom is 0.118 e. The molecule has 4 nitrogen and oxygen atoms in total. The minimum absolute atomic E-state index is 0. The van der Waals surface area contributed by atoms with E-state index in [2.05, 4.69) is 26.0 Å². The number of rotatable bonds is 2. The molecule has 0 saturated carbocycles. The number of pyridine rings is 2. The molecule has 0 aliphatic carbocycles. The third-order valence-corrected chi connectivity index (χ3v) is 3.24. The Labute approximate surface area is 166 Å². The zero-order valence-corrected chi connectivity index (χ0v) is 16.0. The van der Waals surface area contributed by atoms with Crippen LogP contribution in [0.4, 0.5) is 13.2 Å². The Hall–Kier alpha value is -2.83. The van der Waals surface area contributed by atoms with E-state index >= 15 is 0 Å². The van der Waals surface area contributed by atoms with Gasteiger partial charge in [-0.3, -0.25) is 13.8 Å². The van der Waals surface area contributed by atoms with Crippen molar-refractivity contribution in [2.45, 2.75) is 0 Å². The summed E-state index contributed by atoms with van der Waals surface area (Å²) >= 11 is 0. The monoisotopic (exact) mass is 545 g/mol. The van der Waals surface area contributed by atoms with Gasteiger partial charge in [0.1, 0.15) is 5.95 Å². The molecule has 0 amide bonds. The molecule has 4 rings (SSSR count). The minimum atomic E-state index is -0.649. The van der Waals surface area contributed by atoms with Gasteiger partial charge in [-0.2, -0.15) is 0 Å². The molecular weight excluding hydrogens is 533 g/mol. The van der Waals surface area contributed by atoms with Gasteiger partial charge < -0.3 is 15.0 Å². The van der Waals surface area contributed by atoms with Crippen LogP contribution in [0.15, 0.2) is 67.3 Å². The summed E-state index contributed by atoms with van der Waals surface area (Å²) < 4.78 is 38.6. The largest absolute Gasteiger partial charge is 0.439 e. The maximum atomic E-state index is 13.2. The second-order valence-electron chi connectivity index (χ2n) is 4.98. The van der Waals surface area contributed by atoms with Crippen LogP contribution in [0.5, 0.6) is 0 Å². The van der Waals surface area contributed by atoms with E-state index in [1.54, 1.807) is 48.8 Å². The predicted octanol–water partition coefficient (Wildman–Crippen LogP) is 4.06. The van der Waals surface area contributed by atoms with Crippen LogP contribution in [0.1, 0.15) is 0 Å². The third-order valence-electron chi connectivity index (χ3n) is 3.24. The molecule has 0 spiro atoms. The third kappa shape index (κ3) is 5.32. The van der Waals surface area contributed by atoms with Crippen molar-refractivity contribution >= 4 is 0 Å². The van der Waals surface area contributed by atoms with Crippen LogP contribution < -0.4 is 4.98 Å². The summed E-state index contributed by atoms with van der Waals surface area (Å²) in [5.41, 5.74) is 1.35. The fourth-order valence-corrected chi connectivity index (χ4v) is 2.08. The number of hydrogen-bond donors (Lipinski definition) is 0. The minimum Gasteiger partial charge on any atom is -0.439 e. The molecule has 3 aromatic heterocycles. The summed E-state index contributed by atoms with van der Waals surface area (Å²) in [6.45, 7) is 0. The topological polar surface area (TPSA) is 52.8 Å². The summed E-state index contributed by atoms with van der Waals surface area (Å²) in [5.74, 6) is -1.86. The molecule has 1 radical (unpaired) electrons. The zero-order chi connectivity index (χ0) is 18.4. The Bertz CT molecular complexity index is 979. The van der Waals surface area contributed by atoms with Gasteiger partial charge in [0.05, 0.1) is 5.69 Å². The number of halogens is 3. The molecule has 1 aromatic carbocycles. The summed E-state index contributed by atoms with van der Waals surface area (Å²) in [6, 6.07) is 14.8. The molecule has 0 aliphatic heterocycles. The molecule has 0 bridgehead atoms. The number of benzene rings is 1. The first-order valence-corrected chi connectivity index (χ1v) is 7.48. The van der Waals surface area contributed by atoms with Gasteiger partial charge in [-0.05, 0) is 23.9 Å². The van der Waals surface area contributed by atoms with Crippen LogP contribution in [0, 0.1) is 23.6 Å². The first-order chi connectivity index (χ1) is 12.6. The van der Waals surface area contributed by atoms with E-state index in [0.717, 1.165) is 12.1 Å². The molecule has 8 heteroatoms. The molecule has 139 valence electrons. The molecule has 3 heterocycles. The Balaban J connectivity index is 0.000000189. The standard InChI is InChI=1S/C11H6F2N.C8H5FN3.Ir/c12-8-4-5-9(10(13)7-8)11-3-1-2-6-14-11;9-8-7(11-5-12-8)6-3-1-2-4-10-6;/h1-4,6-7H;1-5H;/q2*-1;. The molecule has 0 fully saturated rings. The van der Waals surface area contributed by atoms with E-state index < -0.39 is 17.6 Å². The summed E-state index contributed by atoms with van der Waals surface area (Å²) in [6.07, 6.45) is 4.31.